The number of sulfone groups is 1. The second-order valence-corrected chi connectivity index (χ2v) is 8.29. The van der Waals surface area contributed by atoms with E-state index in [9.17, 15) is 13.2 Å². The summed E-state index contributed by atoms with van der Waals surface area (Å²) >= 11 is 0. The lowest BCUT2D eigenvalue weighted by Crippen LogP contribution is -2.02. The van der Waals surface area contributed by atoms with E-state index in [1.807, 2.05) is 0 Å². The van der Waals surface area contributed by atoms with Crippen LogP contribution in [0.2, 0.25) is 0 Å². The van der Waals surface area contributed by atoms with Gasteiger partial charge in [-0.3, -0.25) is 0 Å². The van der Waals surface area contributed by atoms with E-state index in [0.29, 0.717) is 39.8 Å². The van der Waals surface area contributed by atoms with Gasteiger partial charge in [0.15, 0.2) is 9.84 Å². The SMILES string of the molecule is COc1cc(OC)c(/C=C/S(=O)(=O)Cc2ccc(OC)c(NC=CC(=O)O)c2)c(OC)c1. The second-order valence-electron chi connectivity index (χ2n) is 6.41. The summed E-state index contributed by atoms with van der Waals surface area (Å²) in [5.74, 6) is 0.330. The summed E-state index contributed by atoms with van der Waals surface area (Å²) in [4.78, 5) is 10.6. The molecule has 0 spiro atoms. The summed E-state index contributed by atoms with van der Waals surface area (Å²) in [6, 6.07) is 8.04. The van der Waals surface area contributed by atoms with Gasteiger partial charge >= 0.3 is 5.97 Å². The first kappa shape index (κ1) is 24.6. The minimum absolute atomic E-state index is 0.286. The molecule has 0 amide bonds. The molecule has 0 aliphatic rings. The molecule has 0 aliphatic heterocycles. The lowest BCUT2D eigenvalue weighted by atomic mass is 10.1. The normalized spacial score (nSPS) is 11.5. The fraction of sp³-hybridized carbons (Fsp3) is 0.227. The molecule has 0 saturated heterocycles. The number of hydrogen-bond donors (Lipinski definition) is 2. The van der Waals surface area contributed by atoms with E-state index in [-0.39, 0.29) is 5.75 Å². The molecule has 0 heterocycles. The van der Waals surface area contributed by atoms with Gasteiger partial charge in [0.1, 0.15) is 23.0 Å². The number of aliphatic carboxylic acids is 1. The van der Waals surface area contributed by atoms with Crippen LogP contribution in [0.4, 0.5) is 5.69 Å². The number of carboxylic acid groups (broad SMARTS) is 1. The third kappa shape index (κ3) is 6.67. The summed E-state index contributed by atoms with van der Waals surface area (Å²) in [7, 11) is 2.21. The van der Waals surface area contributed by atoms with Crippen molar-refractivity contribution in [1.29, 1.82) is 0 Å². The van der Waals surface area contributed by atoms with Crippen molar-refractivity contribution in [3.63, 3.8) is 0 Å². The lowest BCUT2D eigenvalue weighted by molar-refractivity contribution is -0.131. The number of hydrogen-bond acceptors (Lipinski definition) is 8. The van der Waals surface area contributed by atoms with Crippen LogP contribution in [0.25, 0.3) is 6.08 Å². The average Bonchev–Trinajstić information content (AvgIpc) is 2.76. The van der Waals surface area contributed by atoms with Gasteiger partial charge in [-0.05, 0) is 23.8 Å². The van der Waals surface area contributed by atoms with E-state index in [0.717, 1.165) is 11.5 Å². The molecule has 2 aromatic carbocycles. The summed E-state index contributed by atoms with van der Waals surface area (Å²) in [5.41, 5.74) is 1.37. The molecule has 0 fully saturated rings. The predicted molar refractivity (Wildman–Crippen MR) is 121 cm³/mol. The van der Waals surface area contributed by atoms with Crippen LogP contribution in [0.1, 0.15) is 11.1 Å². The maximum atomic E-state index is 12.7. The van der Waals surface area contributed by atoms with Gasteiger partial charge in [-0.25, -0.2) is 13.2 Å². The van der Waals surface area contributed by atoms with Crippen LogP contribution in [0, 0.1) is 0 Å². The molecule has 0 radical (unpaired) electrons. The Balaban J connectivity index is 2.31. The molecule has 172 valence electrons. The quantitative estimate of drug-likeness (QED) is 0.484. The Morgan fingerprint density at radius 1 is 0.969 bits per heavy atom. The highest BCUT2D eigenvalue weighted by molar-refractivity contribution is 7.93. The molecular formula is C22H25NO8S. The minimum Gasteiger partial charge on any atom is -0.496 e. The summed E-state index contributed by atoms with van der Waals surface area (Å²) in [6.07, 6.45) is 3.55. The maximum absolute atomic E-state index is 12.7. The van der Waals surface area contributed by atoms with Gasteiger partial charge in [-0.2, -0.15) is 0 Å². The highest BCUT2D eigenvalue weighted by atomic mass is 32.2. The van der Waals surface area contributed by atoms with E-state index in [1.165, 1.54) is 40.7 Å². The number of nitrogens with one attached hydrogen (secondary N) is 1. The van der Waals surface area contributed by atoms with E-state index in [2.05, 4.69) is 5.32 Å². The molecule has 0 bridgehead atoms. The van der Waals surface area contributed by atoms with Crippen molar-refractivity contribution in [2.45, 2.75) is 5.75 Å². The molecule has 2 rings (SSSR count). The van der Waals surface area contributed by atoms with E-state index in [1.54, 1.807) is 30.3 Å². The Hall–Kier alpha value is -3.66. The van der Waals surface area contributed by atoms with E-state index in [4.69, 9.17) is 24.1 Å². The van der Waals surface area contributed by atoms with Crippen LogP contribution < -0.4 is 24.3 Å². The number of benzene rings is 2. The first-order valence-corrected chi connectivity index (χ1v) is 11.0. The van der Waals surface area contributed by atoms with Crippen molar-refractivity contribution < 1.29 is 37.3 Å². The van der Waals surface area contributed by atoms with Crippen LogP contribution in [-0.4, -0.2) is 47.9 Å². The third-order valence-corrected chi connectivity index (χ3v) is 5.58. The topological polar surface area (TPSA) is 120 Å². The van der Waals surface area contributed by atoms with Gasteiger partial charge in [0, 0.05) is 29.8 Å². The van der Waals surface area contributed by atoms with Crippen LogP contribution in [0.15, 0.2) is 48.0 Å². The maximum Gasteiger partial charge on any atom is 0.329 e. The smallest absolute Gasteiger partial charge is 0.329 e. The number of rotatable bonds is 11. The van der Waals surface area contributed by atoms with Gasteiger partial charge in [0.25, 0.3) is 0 Å². The molecule has 0 aromatic heterocycles. The number of ether oxygens (including phenoxy) is 4. The summed E-state index contributed by atoms with van der Waals surface area (Å²) < 4.78 is 46.5. The van der Waals surface area contributed by atoms with Crippen molar-refractivity contribution in [3.05, 3.63) is 59.1 Å². The molecule has 9 nitrogen and oxygen atoms in total. The Morgan fingerprint density at radius 3 is 2.12 bits per heavy atom. The highest BCUT2D eigenvalue weighted by Crippen LogP contribution is 2.35. The lowest BCUT2D eigenvalue weighted by Gasteiger charge is -2.12. The van der Waals surface area contributed by atoms with Crippen molar-refractivity contribution in [2.24, 2.45) is 0 Å². The molecule has 2 aromatic rings. The van der Waals surface area contributed by atoms with Crippen LogP contribution in [0.3, 0.4) is 0 Å². The second kappa shape index (κ2) is 11.1. The first-order chi connectivity index (χ1) is 15.2. The number of methoxy groups -OCH3 is 4. The van der Waals surface area contributed by atoms with E-state index >= 15 is 0 Å². The molecule has 0 aliphatic carbocycles. The van der Waals surface area contributed by atoms with E-state index < -0.39 is 15.8 Å². The molecule has 0 unspecified atom stereocenters. The summed E-state index contributed by atoms with van der Waals surface area (Å²) in [6.45, 7) is 0. The molecule has 10 heteroatoms. The Morgan fingerprint density at radius 2 is 1.59 bits per heavy atom. The third-order valence-electron chi connectivity index (χ3n) is 4.29. The minimum atomic E-state index is -3.67. The zero-order chi connectivity index (χ0) is 23.7. The fourth-order valence-corrected chi connectivity index (χ4v) is 3.89. The van der Waals surface area contributed by atoms with Gasteiger partial charge in [0.05, 0.1) is 45.4 Å². The largest absolute Gasteiger partial charge is 0.496 e. The van der Waals surface area contributed by atoms with Crippen molar-refractivity contribution in [2.75, 3.05) is 33.8 Å². The van der Waals surface area contributed by atoms with Crippen LogP contribution in [0.5, 0.6) is 23.0 Å². The van der Waals surface area contributed by atoms with Gasteiger partial charge in [0.2, 0.25) is 0 Å². The standard InChI is InChI=1S/C22H25NO8S/c1-28-16-12-20(30-3)17(21(13-16)31-4)8-10-32(26,27)14-15-5-6-19(29-2)18(11-15)23-9-7-22(24)25/h5-13,23H,14H2,1-4H3,(H,24,25)/b9-7?,10-8+. The highest BCUT2D eigenvalue weighted by Gasteiger charge is 2.14. The van der Waals surface area contributed by atoms with Crippen LogP contribution in [-0.2, 0) is 20.4 Å². The predicted octanol–water partition coefficient (Wildman–Crippen LogP) is 3.32. The Labute approximate surface area is 186 Å². The van der Waals surface area contributed by atoms with Gasteiger partial charge < -0.3 is 29.4 Å². The number of anilines is 1. The first-order valence-electron chi connectivity index (χ1n) is 9.26. The van der Waals surface area contributed by atoms with Crippen molar-refractivity contribution in [1.82, 2.24) is 0 Å². The number of carboxylic acids is 1. The Kier molecular flexibility index (Phi) is 8.54. The molecular weight excluding hydrogens is 438 g/mol. The summed E-state index contributed by atoms with van der Waals surface area (Å²) in [5, 5.41) is 12.6. The molecule has 0 atom stereocenters. The zero-order valence-electron chi connectivity index (χ0n) is 18.1. The molecule has 2 N–H and O–H groups in total. The average molecular weight is 464 g/mol. The Bertz CT molecular complexity index is 1100. The molecule has 32 heavy (non-hydrogen) atoms. The monoisotopic (exact) mass is 463 g/mol. The fourth-order valence-electron chi connectivity index (χ4n) is 2.81. The zero-order valence-corrected chi connectivity index (χ0v) is 18.9. The molecule has 0 saturated carbocycles. The van der Waals surface area contributed by atoms with Crippen molar-refractivity contribution >= 4 is 27.6 Å². The van der Waals surface area contributed by atoms with Gasteiger partial charge in [-0.15, -0.1) is 0 Å². The van der Waals surface area contributed by atoms with Crippen LogP contribution >= 0.6 is 0 Å². The van der Waals surface area contributed by atoms with Gasteiger partial charge in [-0.1, -0.05) is 6.07 Å². The number of carbonyl (C=O) groups is 1. The van der Waals surface area contributed by atoms with Crippen molar-refractivity contribution in [3.8, 4) is 23.0 Å².